The number of carbonyl (C=O) groups is 1. The number of carbonyl (C=O) groups excluding carboxylic acids is 1. The fourth-order valence-electron chi connectivity index (χ4n) is 2.22. The highest BCUT2D eigenvalue weighted by Gasteiger charge is 2.17. The highest BCUT2D eigenvalue weighted by molar-refractivity contribution is 6.19. The van der Waals surface area contributed by atoms with Crippen LogP contribution in [-0.2, 0) is 4.79 Å². The van der Waals surface area contributed by atoms with Crippen LogP contribution in [0.25, 0.3) is 0 Å². The van der Waals surface area contributed by atoms with Gasteiger partial charge in [0.25, 0.3) is 0 Å². The minimum absolute atomic E-state index is 0.0963. The van der Waals surface area contributed by atoms with Gasteiger partial charge in [0.2, 0.25) is 5.91 Å². The second-order valence-corrected chi connectivity index (χ2v) is 4.49. The molecule has 1 amide bonds. The van der Waals surface area contributed by atoms with E-state index in [0.29, 0.717) is 0 Å². The molecule has 0 fully saturated rings. The fourth-order valence-corrected chi connectivity index (χ4v) is 2.22. The number of nitrogens with zero attached hydrogens (tertiary/aromatic N) is 1. The lowest BCUT2D eigenvalue weighted by molar-refractivity contribution is -0.114. The zero-order valence-corrected chi connectivity index (χ0v) is 11.1. The van der Waals surface area contributed by atoms with Gasteiger partial charge in [-0.1, -0.05) is 18.2 Å². The number of nitrogens with one attached hydrogen (secondary N) is 1. The molecule has 1 aliphatic rings. The molecule has 0 atom stereocenters. The number of amides is 1. The number of fused-ring (bicyclic) bond motifs is 1. The quantitative estimate of drug-likeness (QED) is 0.907. The van der Waals surface area contributed by atoms with E-state index in [0.717, 1.165) is 28.3 Å². The number of methoxy groups -OCH3 is 1. The van der Waals surface area contributed by atoms with E-state index in [9.17, 15) is 4.79 Å². The third-order valence-electron chi connectivity index (χ3n) is 3.20. The SMILES string of the molecule is COc1ccc(C2=NCC(=O)Nc3ccccc32)cc1. The lowest BCUT2D eigenvalue weighted by atomic mass is 10.0. The van der Waals surface area contributed by atoms with Crippen molar-refractivity contribution in [1.29, 1.82) is 0 Å². The van der Waals surface area contributed by atoms with E-state index in [-0.39, 0.29) is 12.5 Å². The second-order valence-electron chi connectivity index (χ2n) is 4.49. The molecule has 1 N–H and O–H groups in total. The Bertz CT molecular complexity index is 675. The number of hydrogen-bond acceptors (Lipinski definition) is 3. The van der Waals surface area contributed by atoms with Crippen molar-refractivity contribution in [3.63, 3.8) is 0 Å². The molecule has 0 saturated carbocycles. The van der Waals surface area contributed by atoms with Crippen molar-refractivity contribution in [2.45, 2.75) is 0 Å². The minimum Gasteiger partial charge on any atom is -0.497 e. The van der Waals surface area contributed by atoms with Crippen LogP contribution in [0.15, 0.2) is 53.5 Å². The Balaban J connectivity index is 2.09. The van der Waals surface area contributed by atoms with Gasteiger partial charge in [-0.05, 0) is 30.3 Å². The molecule has 100 valence electrons. The summed E-state index contributed by atoms with van der Waals surface area (Å²) in [7, 11) is 1.63. The summed E-state index contributed by atoms with van der Waals surface area (Å²) in [6.07, 6.45) is 0. The van der Waals surface area contributed by atoms with E-state index < -0.39 is 0 Å². The Hall–Kier alpha value is -2.62. The molecule has 0 aliphatic carbocycles. The molecule has 0 saturated heterocycles. The first-order chi connectivity index (χ1) is 9.78. The molecule has 0 radical (unpaired) electrons. The average molecular weight is 266 g/mol. The molecule has 1 aliphatic heterocycles. The highest BCUT2D eigenvalue weighted by atomic mass is 16.5. The molecule has 3 rings (SSSR count). The number of aliphatic imine (C=N–C) groups is 1. The summed E-state index contributed by atoms with van der Waals surface area (Å²) >= 11 is 0. The van der Waals surface area contributed by atoms with E-state index in [1.165, 1.54) is 0 Å². The number of ether oxygens (including phenoxy) is 1. The molecular weight excluding hydrogens is 252 g/mol. The summed E-state index contributed by atoms with van der Waals surface area (Å²) in [6, 6.07) is 15.4. The van der Waals surface area contributed by atoms with Gasteiger partial charge in [-0.15, -0.1) is 0 Å². The molecule has 2 aromatic rings. The maximum atomic E-state index is 11.7. The van der Waals surface area contributed by atoms with Crippen LogP contribution in [0, 0.1) is 0 Å². The maximum absolute atomic E-state index is 11.7. The van der Waals surface area contributed by atoms with Gasteiger partial charge in [0.05, 0.1) is 18.5 Å². The molecule has 4 heteroatoms. The van der Waals surface area contributed by atoms with Gasteiger partial charge in [-0.2, -0.15) is 0 Å². The van der Waals surface area contributed by atoms with Crippen LogP contribution in [0.3, 0.4) is 0 Å². The molecule has 20 heavy (non-hydrogen) atoms. The van der Waals surface area contributed by atoms with Crippen molar-refractivity contribution in [2.24, 2.45) is 4.99 Å². The lowest BCUT2D eigenvalue weighted by Crippen LogP contribution is -2.13. The van der Waals surface area contributed by atoms with Crippen LogP contribution in [0.5, 0.6) is 5.75 Å². The number of para-hydroxylation sites is 1. The monoisotopic (exact) mass is 266 g/mol. The Labute approximate surface area is 117 Å². The Morgan fingerprint density at radius 3 is 2.60 bits per heavy atom. The van der Waals surface area contributed by atoms with Crippen molar-refractivity contribution < 1.29 is 9.53 Å². The van der Waals surface area contributed by atoms with Crippen molar-refractivity contribution in [1.82, 2.24) is 0 Å². The van der Waals surface area contributed by atoms with Gasteiger partial charge < -0.3 is 10.1 Å². The predicted octanol–water partition coefficient (Wildman–Crippen LogP) is 2.48. The smallest absolute Gasteiger partial charge is 0.246 e. The van der Waals surface area contributed by atoms with E-state index in [4.69, 9.17) is 4.74 Å². The maximum Gasteiger partial charge on any atom is 0.246 e. The number of benzodiazepines with no additional fused rings is 1. The van der Waals surface area contributed by atoms with Crippen LogP contribution in [0.1, 0.15) is 11.1 Å². The normalized spacial score (nSPS) is 13.8. The molecule has 1 heterocycles. The second kappa shape index (κ2) is 5.17. The van der Waals surface area contributed by atoms with Gasteiger partial charge >= 0.3 is 0 Å². The van der Waals surface area contributed by atoms with Gasteiger partial charge in [0.1, 0.15) is 12.3 Å². The summed E-state index contributed by atoms with van der Waals surface area (Å²) < 4.78 is 5.16. The Kier molecular flexibility index (Phi) is 3.21. The third kappa shape index (κ3) is 2.28. The largest absolute Gasteiger partial charge is 0.497 e. The van der Waals surface area contributed by atoms with E-state index in [1.807, 2.05) is 48.5 Å². The number of anilines is 1. The molecule has 0 aromatic heterocycles. The highest BCUT2D eigenvalue weighted by Crippen LogP contribution is 2.23. The van der Waals surface area contributed by atoms with Crippen LogP contribution < -0.4 is 10.1 Å². The van der Waals surface area contributed by atoms with Crippen molar-refractivity contribution >= 4 is 17.3 Å². The number of rotatable bonds is 2. The fraction of sp³-hybridized carbons (Fsp3) is 0.125. The van der Waals surface area contributed by atoms with Gasteiger partial charge in [-0.25, -0.2) is 0 Å². The van der Waals surface area contributed by atoms with Gasteiger partial charge in [-0.3, -0.25) is 9.79 Å². The van der Waals surface area contributed by atoms with Crippen LogP contribution in [-0.4, -0.2) is 25.3 Å². The molecule has 0 spiro atoms. The van der Waals surface area contributed by atoms with Crippen molar-refractivity contribution in [3.8, 4) is 5.75 Å². The Morgan fingerprint density at radius 2 is 1.85 bits per heavy atom. The first-order valence-corrected chi connectivity index (χ1v) is 6.36. The summed E-state index contributed by atoms with van der Waals surface area (Å²) in [6.45, 7) is 0.135. The van der Waals surface area contributed by atoms with Gasteiger partial charge in [0.15, 0.2) is 0 Å². The average Bonchev–Trinajstić information content (AvgIpc) is 2.66. The van der Waals surface area contributed by atoms with E-state index in [2.05, 4.69) is 10.3 Å². The first-order valence-electron chi connectivity index (χ1n) is 6.36. The standard InChI is InChI=1S/C16H14N2O2/c1-20-12-8-6-11(7-9-12)16-13-4-2-3-5-14(13)18-15(19)10-17-16/h2-9H,10H2,1H3,(H,18,19). The zero-order chi connectivity index (χ0) is 13.9. The van der Waals surface area contributed by atoms with Crippen LogP contribution in [0.4, 0.5) is 5.69 Å². The van der Waals surface area contributed by atoms with Crippen LogP contribution >= 0.6 is 0 Å². The molecule has 2 aromatic carbocycles. The lowest BCUT2D eigenvalue weighted by Gasteiger charge is -2.10. The third-order valence-corrected chi connectivity index (χ3v) is 3.20. The van der Waals surface area contributed by atoms with E-state index >= 15 is 0 Å². The predicted molar refractivity (Wildman–Crippen MR) is 78.6 cm³/mol. The van der Waals surface area contributed by atoms with Crippen molar-refractivity contribution in [2.75, 3.05) is 19.0 Å². The minimum atomic E-state index is -0.0963. The Morgan fingerprint density at radius 1 is 1.10 bits per heavy atom. The topological polar surface area (TPSA) is 50.7 Å². The van der Waals surface area contributed by atoms with Crippen LogP contribution in [0.2, 0.25) is 0 Å². The zero-order valence-electron chi connectivity index (χ0n) is 11.1. The summed E-state index contributed by atoms with van der Waals surface area (Å²) in [5.74, 6) is 0.700. The summed E-state index contributed by atoms with van der Waals surface area (Å²) in [5, 5.41) is 2.87. The molecule has 0 unspecified atom stereocenters. The first kappa shape index (κ1) is 12.4. The molecule has 4 nitrogen and oxygen atoms in total. The molecule has 0 bridgehead atoms. The van der Waals surface area contributed by atoms with Crippen molar-refractivity contribution in [3.05, 3.63) is 59.7 Å². The van der Waals surface area contributed by atoms with Gasteiger partial charge in [0, 0.05) is 11.1 Å². The number of benzene rings is 2. The molecular formula is C16H14N2O2. The summed E-state index contributed by atoms with van der Waals surface area (Å²) in [5.41, 5.74) is 3.52. The number of hydrogen-bond donors (Lipinski definition) is 1. The van der Waals surface area contributed by atoms with E-state index in [1.54, 1.807) is 7.11 Å². The summed E-state index contributed by atoms with van der Waals surface area (Å²) in [4.78, 5) is 16.1.